The quantitative estimate of drug-likeness (QED) is 0.232. The van der Waals surface area contributed by atoms with Crippen LogP contribution in [0.2, 0.25) is 5.02 Å². The molecule has 5 aromatic rings. The second-order valence-corrected chi connectivity index (χ2v) is 8.94. The lowest BCUT2D eigenvalue weighted by atomic mass is 10.0. The number of fused-ring (bicyclic) bond motifs is 2. The van der Waals surface area contributed by atoms with Crippen LogP contribution in [0.25, 0.3) is 33.3 Å². The Morgan fingerprint density at radius 3 is 2.69 bits per heavy atom. The standard InChI is InChI=1S/C28H22ClN3O3S/c1-2-14-34-19-7-3-6-17(15-19)26(33)32-28(36)30-18-12-13-25-24(16-18)31-27(35-25)22-10-4-9-21-20(22)8-5-11-23(21)29/h3-13,15-16H,2,14H2,1H3,(H2,30,32,33,36). The second-order valence-electron chi connectivity index (χ2n) is 8.13. The molecule has 1 aromatic heterocycles. The molecule has 0 saturated carbocycles. The van der Waals surface area contributed by atoms with Gasteiger partial charge < -0.3 is 14.5 Å². The molecule has 0 atom stereocenters. The summed E-state index contributed by atoms with van der Waals surface area (Å²) in [4.78, 5) is 17.3. The molecule has 0 aliphatic heterocycles. The molecule has 0 radical (unpaired) electrons. The van der Waals surface area contributed by atoms with Crippen molar-refractivity contribution in [2.45, 2.75) is 13.3 Å². The van der Waals surface area contributed by atoms with Crippen LogP contribution in [0, 0.1) is 0 Å². The van der Waals surface area contributed by atoms with Gasteiger partial charge in [0.1, 0.15) is 11.3 Å². The van der Waals surface area contributed by atoms with Crippen molar-refractivity contribution in [3.8, 4) is 17.2 Å². The summed E-state index contributed by atoms with van der Waals surface area (Å²) < 4.78 is 11.6. The molecule has 6 nitrogen and oxygen atoms in total. The van der Waals surface area contributed by atoms with Gasteiger partial charge in [-0.1, -0.05) is 48.9 Å². The smallest absolute Gasteiger partial charge is 0.257 e. The van der Waals surface area contributed by atoms with E-state index in [0.29, 0.717) is 45.6 Å². The predicted octanol–water partition coefficient (Wildman–Crippen LogP) is 7.22. The van der Waals surface area contributed by atoms with Crippen molar-refractivity contribution >= 4 is 62.4 Å². The fraction of sp³-hybridized carbons (Fsp3) is 0.107. The first-order valence-electron chi connectivity index (χ1n) is 11.5. The van der Waals surface area contributed by atoms with Gasteiger partial charge in [-0.2, -0.15) is 0 Å². The molecule has 0 aliphatic carbocycles. The lowest BCUT2D eigenvalue weighted by Gasteiger charge is -2.10. The second kappa shape index (κ2) is 10.4. The molecular formula is C28H22ClN3O3S. The number of nitrogens with one attached hydrogen (secondary N) is 2. The average Bonchev–Trinajstić information content (AvgIpc) is 3.31. The molecule has 1 heterocycles. The molecule has 0 aliphatic rings. The molecule has 8 heteroatoms. The zero-order valence-corrected chi connectivity index (χ0v) is 21.0. The van der Waals surface area contributed by atoms with Crippen LogP contribution < -0.4 is 15.4 Å². The van der Waals surface area contributed by atoms with Gasteiger partial charge in [-0.25, -0.2) is 4.98 Å². The van der Waals surface area contributed by atoms with Gasteiger partial charge in [-0.15, -0.1) is 0 Å². The van der Waals surface area contributed by atoms with Gasteiger partial charge in [0, 0.05) is 27.2 Å². The minimum atomic E-state index is -0.325. The molecule has 0 bridgehead atoms. The number of hydrogen-bond donors (Lipinski definition) is 2. The van der Waals surface area contributed by atoms with Gasteiger partial charge in [0.25, 0.3) is 5.91 Å². The lowest BCUT2D eigenvalue weighted by molar-refractivity contribution is 0.0977. The van der Waals surface area contributed by atoms with Crippen molar-refractivity contribution in [1.29, 1.82) is 0 Å². The Bertz CT molecular complexity index is 1600. The summed E-state index contributed by atoms with van der Waals surface area (Å²) in [6.45, 7) is 2.61. The number of benzene rings is 4. The maximum atomic E-state index is 12.6. The summed E-state index contributed by atoms with van der Waals surface area (Å²) >= 11 is 11.7. The third-order valence-electron chi connectivity index (χ3n) is 5.54. The Morgan fingerprint density at radius 1 is 1.03 bits per heavy atom. The first kappa shape index (κ1) is 23.8. The Labute approximate surface area is 218 Å². The molecule has 2 N–H and O–H groups in total. The van der Waals surface area contributed by atoms with E-state index in [1.165, 1.54) is 0 Å². The van der Waals surface area contributed by atoms with E-state index in [1.807, 2.05) is 67.6 Å². The number of oxazole rings is 1. The number of rotatable bonds is 6. The van der Waals surface area contributed by atoms with Crippen LogP contribution in [0.1, 0.15) is 23.7 Å². The van der Waals surface area contributed by atoms with E-state index in [9.17, 15) is 4.79 Å². The van der Waals surface area contributed by atoms with E-state index >= 15 is 0 Å². The van der Waals surface area contributed by atoms with Crippen LogP contribution in [0.3, 0.4) is 0 Å². The van der Waals surface area contributed by atoms with E-state index in [4.69, 9.17) is 33.0 Å². The summed E-state index contributed by atoms with van der Waals surface area (Å²) in [7, 11) is 0. The summed E-state index contributed by atoms with van der Waals surface area (Å²) in [5, 5.41) is 8.48. The zero-order valence-electron chi connectivity index (χ0n) is 19.4. The minimum Gasteiger partial charge on any atom is -0.494 e. The monoisotopic (exact) mass is 515 g/mol. The fourth-order valence-electron chi connectivity index (χ4n) is 3.86. The van der Waals surface area contributed by atoms with E-state index < -0.39 is 0 Å². The highest BCUT2D eigenvalue weighted by molar-refractivity contribution is 7.80. The number of halogens is 1. The van der Waals surface area contributed by atoms with Crippen molar-refractivity contribution in [1.82, 2.24) is 10.3 Å². The molecule has 1 amide bonds. The van der Waals surface area contributed by atoms with Gasteiger partial charge in [-0.3, -0.25) is 10.1 Å². The minimum absolute atomic E-state index is 0.173. The number of nitrogens with zero attached hydrogens (tertiary/aromatic N) is 1. The summed E-state index contributed by atoms with van der Waals surface area (Å²) in [5.41, 5.74) is 3.28. The SMILES string of the molecule is CCCOc1cccc(C(=O)NC(=S)Nc2ccc3oc(-c4cccc5c(Cl)cccc45)nc3c2)c1. The number of aromatic nitrogens is 1. The van der Waals surface area contributed by atoms with Crippen molar-refractivity contribution in [2.24, 2.45) is 0 Å². The average molecular weight is 516 g/mol. The molecular weight excluding hydrogens is 494 g/mol. The van der Waals surface area contributed by atoms with Crippen LogP contribution in [0.15, 0.2) is 83.3 Å². The van der Waals surface area contributed by atoms with Crippen molar-refractivity contribution in [2.75, 3.05) is 11.9 Å². The number of anilines is 1. The van der Waals surface area contributed by atoms with Crippen LogP contribution >= 0.6 is 23.8 Å². The molecule has 0 saturated heterocycles. The van der Waals surface area contributed by atoms with Crippen LogP contribution in [0.4, 0.5) is 5.69 Å². The molecule has 4 aromatic carbocycles. The van der Waals surface area contributed by atoms with Gasteiger partial charge in [0.15, 0.2) is 10.7 Å². The van der Waals surface area contributed by atoms with Gasteiger partial charge in [-0.05, 0) is 72.6 Å². The molecule has 0 fully saturated rings. The van der Waals surface area contributed by atoms with Crippen LogP contribution in [-0.4, -0.2) is 22.6 Å². The summed E-state index contributed by atoms with van der Waals surface area (Å²) in [6, 6.07) is 24.0. The summed E-state index contributed by atoms with van der Waals surface area (Å²) in [6.07, 6.45) is 0.887. The third kappa shape index (κ3) is 5.03. The highest BCUT2D eigenvalue weighted by Crippen LogP contribution is 2.34. The lowest BCUT2D eigenvalue weighted by Crippen LogP contribution is -2.34. The Morgan fingerprint density at radius 2 is 1.83 bits per heavy atom. The van der Waals surface area contributed by atoms with Gasteiger partial charge in [0.05, 0.1) is 6.61 Å². The van der Waals surface area contributed by atoms with Crippen molar-refractivity contribution < 1.29 is 13.9 Å². The summed E-state index contributed by atoms with van der Waals surface area (Å²) in [5.74, 6) is 0.814. The molecule has 0 spiro atoms. The largest absolute Gasteiger partial charge is 0.494 e. The first-order chi connectivity index (χ1) is 17.5. The topological polar surface area (TPSA) is 76.4 Å². The number of ether oxygens (including phenoxy) is 1. The number of carbonyl (C=O) groups excluding carboxylic acids is 1. The van der Waals surface area contributed by atoms with Crippen LogP contribution in [0.5, 0.6) is 5.75 Å². The third-order valence-corrected chi connectivity index (χ3v) is 6.07. The predicted molar refractivity (Wildman–Crippen MR) is 148 cm³/mol. The van der Waals surface area contributed by atoms with Crippen molar-refractivity contribution in [3.05, 3.63) is 89.4 Å². The highest BCUT2D eigenvalue weighted by Gasteiger charge is 2.14. The van der Waals surface area contributed by atoms with Gasteiger partial charge in [0.2, 0.25) is 5.89 Å². The Balaban J connectivity index is 1.32. The maximum absolute atomic E-state index is 12.6. The number of carbonyl (C=O) groups is 1. The van der Waals surface area contributed by atoms with E-state index in [-0.39, 0.29) is 11.0 Å². The highest BCUT2D eigenvalue weighted by atomic mass is 35.5. The number of thiocarbonyl (C=S) groups is 1. The Kier molecular flexibility index (Phi) is 6.84. The molecule has 180 valence electrons. The molecule has 0 unspecified atom stereocenters. The Hall–Kier alpha value is -3.94. The molecule has 36 heavy (non-hydrogen) atoms. The fourth-order valence-corrected chi connectivity index (χ4v) is 4.31. The van der Waals surface area contributed by atoms with E-state index in [0.717, 1.165) is 22.8 Å². The van der Waals surface area contributed by atoms with Crippen LogP contribution in [-0.2, 0) is 0 Å². The number of amides is 1. The van der Waals surface area contributed by atoms with Gasteiger partial charge >= 0.3 is 0 Å². The maximum Gasteiger partial charge on any atom is 0.257 e. The van der Waals surface area contributed by atoms with Crippen molar-refractivity contribution in [3.63, 3.8) is 0 Å². The normalized spacial score (nSPS) is 10.9. The number of hydrogen-bond acceptors (Lipinski definition) is 5. The zero-order chi connectivity index (χ0) is 25.1. The van der Waals surface area contributed by atoms with E-state index in [2.05, 4.69) is 15.6 Å². The van der Waals surface area contributed by atoms with E-state index in [1.54, 1.807) is 18.2 Å². The molecule has 5 rings (SSSR count). The first-order valence-corrected chi connectivity index (χ1v) is 12.2.